The lowest BCUT2D eigenvalue weighted by Crippen LogP contribution is -2.28. The van der Waals surface area contributed by atoms with E-state index in [0.29, 0.717) is 0 Å². The number of hydrogen-bond acceptors (Lipinski definition) is 2. The average molecular weight is 275 g/mol. The van der Waals surface area contributed by atoms with Crippen LogP contribution in [0.5, 0.6) is 5.75 Å². The Hall–Kier alpha value is -1.35. The molecule has 0 aliphatic carbocycles. The second-order valence-electron chi connectivity index (χ2n) is 4.83. The van der Waals surface area contributed by atoms with Crippen molar-refractivity contribution in [2.75, 3.05) is 20.2 Å². The minimum absolute atomic E-state index is 0.894. The molecular weight excluding hydrogens is 254 g/mol. The van der Waals surface area contributed by atoms with Crippen molar-refractivity contribution < 1.29 is 4.74 Å². The molecule has 1 aromatic rings. The van der Waals surface area contributed by atoms with Crippen LogP contribution in [0.15, 0.2) is 30.3 Å². The molecule has 0 spiro atoms. The van der Waals surface area contributed by atoms with E-state index in [0.717, 1.165) is 30.2 Å². The molecule has 2 rings (SSSR count). The highest BCUT2D eigenvalue weighted by Crippen LogP contribution is 2.14. The van der Waals surface area contributed by atoms with Crippen LogP contribution >= 0.6 is 12.2 Å². The third kappa shape index (κ3) is 4.35. The maximum atomic E-state index is 5.45. The van der Waals surface area contributed by atoms with Gasteiger partial charge in [0.15, 0.2) is 0 Å². The Morgan fingerprint density at radius 1 is 1.21 bits per heavy atom. The summed E-state index contributed by atoms with van der Waals surface area (Å²) in [6, 6.07) is 8.10. The summed E-state index contributed by atoms with van der Waals surface area (Å²) >= 11 is 5.45. The fourth-order valence-electron chi connectivity index (χ4n) is 2.26. The molecule has 0 aromatic heterocycles. The third-order valence-electron chi connectivity index (χ3n) is 3.42. The number of ether oxygens (including phenoxy) is 1. The average Bonchev–Trinajstić information content (AvgIpc) is 2.65. The number of benzene rings is 1. The Morgan fingerprint density at radius 3 is 2.74 bits per heavy atom. The molecule has 0 atom stereocenters. The van der Waals surface area contributed by atoms with Crippen molar-refractivity contribution in [3.63, 3.8) is 0 Å². The molecule has 19 heavy (non-hydrogen) atoms. The minimum atomic E-state index is 0.894. The van der Waals surface area contributed by atoms with Gasteiger partial charge in [-0.25, -0.2) is 0 Å². The van der Waals surface area contributed by atoms with E-state index >= 15 is 0 Å². The van der Waals surface area contributed by atoms with E-state index in [4.69, 9.17) is 17.0 Å². The lowest BCUT2D eigenvalue weighted by atomic mass is 10.2. The minimum Gasteiger partial charge on any atom is -0.497 e. The van der Waals surface area contributed by atoms with E-state index in [-0.39, 0.29) is 0 Å². The maximum absolute atomic E-state index is 5.45. The zero-order valence-corrected chi connectivity index (χ0v) is 12.3. The van der Waals surface area contributed by atoms with Gasteiger partial charge >= 0.3 is 0 Å². The standard InChI is InChI=1S/C16H21NOS/c1-18-15-10-8-14(9-11-15)6-5-13-17-12-4-2-3-7-16(17)19/h5-6,8-11H,2-4,7,12-13H2,1H3/b6-5+. The van der Waals surface area contributed by atoms with E-state index in [1.165, 1.54) is 24.8 Å². The van der Waals surface area contributed by atoms with Crippen molar-refractivity contribution in [3.05, 3.63) is 35.9 Å². The van der Waals surface area contributed by atoms with E-state index in [1.54, 1.807) is 7.11 Å². The molecule has 1 fully saturated rings. The van der Waals surface area contributed by atoms with Gasteiger partial charge < -0.3 is 9.64 Å². The number of nitrogens with zero attached hydrogens (tertiary/aromatic N) is 1. The molecule has 0 saturated carbocycles. The second kappa shape index (κ2) is 7.29. The first-order valence-corrected chi connectivity index (χ1v) is 7.29. The van der Waals surface area contributed by atoms with Crippen LogP contribution < -0.4 is 4.74 Å². The van der Waals surface area contributed by atoms with Crippen molar-refractivity contribution in [1.82, 2.24) is 4.90 Å². The number of likely N-dealkylation sites (tertiary alicyclic amines) is 1. The van der Waals surface area contributed by atoms with Crippen LogP contribution in [0.1, 0.15) is 31.2 Å². The molecule has 1 aliphatic rings. The molecule has 1 heterocycles. The molecule has 0 bridgehead atoms. The van der Waals surface area contributed by atoms with Crippen molar-refractivity contribution in [1.29, 1.82) is 0 Å². The second-order valence-corrected chi connectivity index (χ2v) is 5.30. The van der Waals surface area contributed by atoms with E-state index in [9.17, 15) is 0 Å². The van der Waals surface area contributed by atoms with E-state index in [2.05, 4.69) is 29.2 Å². The SMILES string of the molecule is COc1ccc(/C=C/CN2CCCCCC2=S)cc1. The number of methoxy groups -OCH3 is 1. The monoisotopic (exact) mass is 275 g/mol. The van der Waals surface area contributed by atoms with Crippen molar-refractivity contribution >= 4 is 23.3 Å². The smallest absolute Gasteiger partial charge is 0.118 e. The van der Waals surface area contributed by atoms with Gasteiger partial charge in [-0.2, -0.15) is 0 Å². The fourth-order valence-corrected chi connectivity index (χ4v) is 2.57. The summed E-state index contributed by atoms with van der Waals surface area (Å²) in [6.45, 7) is 2.02. The molecule has 0 N–H and O–H groups in total. The van der Waals surface area contributed by atoms with Gasteiger partial charge in [0.25, 0.3) is 0 Å². The van der Waals surface area contributed by atoms with Crippen LogP contribution in [-0.4, -0.2) is 30.1 Å². The molecular formula is C16H21NOS. The van der Waals surface area contributed by atoms with Gasteiger partial charge in [-0.05, 0) is 37.0 Å². The summed E-state index contributed by atoms with van der Waals surface area (Å²) in [7, 11) is 1.69. The highest BCUT2D eigenvalue weighted by atomic mass is 32.1. The maximum Gasteiger partial charge on any atom is 0.118 e. The molecule has 102 valence electrons. The van der Waals surface area contributed by atoms with Crippen LogP contribution in [0.4, 0.5) is 0 Å². The van der Waals surface area contributed by atoms with Gasteiger partial charge in [-0.3, -0.25) is 0 Å². The van der Waals surface area contributed by atoms with E-state index in [1.807, 2.05) is 12.1 Å². The Balaban J connectivity index is 1.89. The van der Waals surface area contributed by atoms with Crippen LogP contribution in [-0.2, 0) is 0 Å². The lowest BCUT2D eigenvalue weighted by Gasteiger charge is -2.21. The summed E-state index contributed by atoms with van der Waals surface area (Å²) < 4.78 is 5.15. The number of rotatable bonds is 4. The zero-order valence-electron chi connectivity index (χ0n) is 11.5. The van der Waals surface area contributed by atoms with Crippen LogP contribution in [0.25, 0.3) is 6.08 Å². The Bertz CT molecular complexity index is 439. The summed E-state index contributed by atoms with van der Waals surface area (Å²) in [4.78, 5) is 3.44. The van der Waals surface area contributed by atoms with Gasteiger partial charge in [0.05, 0.1) is 12.1 Å². The molecule has 2 nitrogen and oxygen atoms in total. The van der Waals surface area contributed by atoms with Crippen LogP contribution in [0.2, 0.25) is 0 Å². The van der Waals surface area contributed by atoms with Gasteiger partial charge in [0.1, 0.15) is 5.75 Å². The quantitative estimate of drug-likeness (QED) is 0.773. The fraction of sp³-hybridized carbons (Fsp3) is 0.438. The summed E-state index contributed by atoms with van der Waals surface area (Å²) in [5, 5.41) is 0. The Morgan fingerprint density at radius 2 is 2.00 bits per heavy atom. The number of thiocarbonyl (C=S) groups is 1. The van der Waals surface area contributed by atoms with Crippen molar-refractivity contribution in [2.24, 2.45) is 0 Å². The molecule has 1 aromatic carbocycles. The summed E-state index contributed by atoms with van der Waals surface area (Å²) in [6.07, 6.45) is 9.23. The normalized spacial score (nSPS) is 16.7. The molecule has 1 saturated heterocycles. The molecule has 0 amide bonds. The summed E-state index contributed by atoms with van der Waals surface area (Å²) in [5.41, 5.74) is 1.20. The molecule has 1 aliphatic heterocycles. The molecule has 3 heteroatoms. The highest BCUT2D eigenvalue weighted by Gasteiger charge is 2.11. The van der Waals surface area contributed by atoms with Crippen molar-refractivity contribution in [3.8, 4) is 5.75 Å². The zero-order chi connectivity index (χ0) is 13.5. The first-order valence-electron chi connectivity index (χ1n) is 6.88. The predicted octanol–water partition coefficient (Wildman–Crippen LogP) is 3.91. The molecule has 0 radical (unpaired) electrons. The Kier molecular flexibility index (Phi) is 5.40. The Labute approximate surface area is 121 Å². The van der Waals surface area contributed by atoms with E-state index < -0.39 is 0 Å². The summed E-state index contributed by atoms with van der Waals surface area (Å²) in [5.74, 6) is 0.894. The molecule has 0 unspecified atom stereocenters. The topological polar surface area (TPSA) is 12.5 Å². The van der Waals surface area contributed by atoms with Gasteiger partial charge in [-0.15, -0.1) is 0 Å². The van der Waals surface area contributed by atoms with Crippen LogP contribution in [0.3, 0.4) is 0 Å². The third-order valence-corrected chi connectivity index (χ3v) is 3.89. The number of hydrogen-bond donors (Lipinski definition) is 0. The van der Waals surface area contributed by atoms with Gasteiger partial charge in [0.2, 0.25) is 0 Å². The largest absolute Gasteiger partial charge is 0.497 e. The van der Waals surface area contributed by atoms with Crippen LogP contribution in [0, 0.1) is 0 Å². The first-order chi connectivity index (χ1) is 9.29. The van der Waals surface area contributed by atoms with Gasteiger partial charge in [-0.1, -0.05) is 42.9 Å². The highest BCUT2D eigenvalue weighted by molar-refractivity contribution is 7.80. The predicted molar refractivity (Wildman–Crippen MR) is 84.7 cm³/mol. The van der Waals surface area contributed by atoms with Crippen molar-refractivity contribution in [2.45, 2.75) is 25.7 Å². The van der Waals surface area contributed by atoms with Gasteiger partial charge in [0, 0.05) is 13.1 Å². The first kappa shape index (κ1) is 14.1. The lowest BCUT2D eigenvalue weighted by molar-refractivity contribution is 0.415.